The predicted octanol–water partition coefficient (Wildman–Crippen LogP) is 1.23. The molecular weight excluding hydrogens is 320 g/mol. The number of carbonyl (C=O) groups excluding carboxylic acids is 1. The summed E-state index contributed by atoms with van der Waals surface area (Å²) in [5.41, 5.74) is 2.34. The lowest BCUT2D eigenvalue weighted by Gasteiger charge is -2.32. The summed E-state index contributed by atoms with van der Waals surface area (Å²) in [5, 5.41) is 4.11. The Hall–Kier alpha value is -2.59. The smallest absolute Gasteiger partial charge is 0.323 e. The average Bonchev–Trinajstić information content (AvgIpc) is 3.22. The lowest BCUT2D eigenvalue weighted by atomic mass is 10.0. The van der Waals surface area contributed by atoms with Gasteiger partial charge in [-0.1, -0.05) is 11.2 Å². The van der Waals surface area contributed by atoms with Crippen LogP contribution in [0.4, 0.5) is 4.79 Å². The average molecular weight is 340 g/mol. The van der Waals surface area contributed by atoms with E-state index in [9.17, 15) is 4.79 Å². The minimum absolute atomic E-state index is 0.000519. The van der Waals surface area contributed by atoms with Gasteiger partial charge in [0.05, 0.1) is 19.1 Å². The molecule has 25 heavy (non-hydrogen) atoms. The van der Waals surface area contributed by atoms with Crippen molar-refractivity contribution in [3.05, 3.63) is 29.6 Å². The third kappa shape index (κ3) is 3.17. The van der Waals surface area contributed by atoms with E-state index in [2.05, 4.69) is 22.0 Å². The molecule has 2 saturated heterocycles. The highest BCUT2D eigenvalue weighted by Gasteiger charge is 2.46. The van der Waals surface area contributed by atoms with Gasteiger partial charge in [0.2, 0.25) is 6.23 Å². The van der Waals surface area contributed by atoms with Crippen molar-refractivity contribution in [2.75, 3.05) is 32.8 Å². The molecule has 1 aromatic rings. The fourth-order valence-electron chi connectivity index (χ4n) is 3.34. The van der Waals surface area contributed by atoms with Crippen molar-refractivity contribution < 1.29 is 14.4 Å². The van der Waals surface area contributed by atoms with Crippen LogP contribution in [0.5, 0.6) is 0 Å². The molecule has 1 aromatic heterocycles. The minimum atomic E-state index is -0.342. The van der Waals surface area contributed by atoms with Crippen LogP contribution < -0.4 is 0 Å². The number of hydrogen-bond acceptors (Lipinski definition) is 5. The summed E-state index contributed by atoms with van der Waals surface area (Å²) in [6, 6.07) is 5.74. The van der Waals surface area contributed by atoms with Crippen molar-refractivity contribution in [2.45, 2.75) is 19.6 Å². The monoisotopic (exact) mass is 340 g/mol. The van der Waals surface area contributed by atoms with Gasteiger partial charge in [0.25, 0.3) is 0 Å². The zero-order chi connectivity index (χ0) is 17.2. The first kappa shape index (κ1) is 15.9. The number of oxime groups is 1. The Bertz CT molecular complexity index is 761. The first-order valence-electron chi connectivity index (χ1n) is 8.55. The number of aryl methyl sites for hydroxylation is 1. The van der Waals surface area contributed by atoms with Crippen molar-refractivity contribution in [2.24, 2.45) is 11.1 Å². The topological polar surface area (TPSA) is 67.3 Å². The Labute approximate surface area is 146 Å². The van der Waals surface area contributed by atoms with Gasteiger partial charge in [0.15, 0.2) is 0 Å². The van der Waals surface area contributed by atoms with Crippen LogP contribution in [0.15, 0.2) is 23.4 Å². The van der Waals surface area contributed by atoms with E-state index in [1.807, 2.05) is 30.0 Å². The summed E-state index contributed by atoms with van der Waals surface area (Å²) in [6.45, 7) is 5.02. The molecule has 2 fully saturated rings. The van der Waals surface area contributed by atoms with Crippen LogP contribution >= 0.6 is 0 Å². The molecule has 7 heteroatoms. The maximum atomic E-state index is 12.7. The van der Waals surface area contributed by atoms with E-state index in [1.54, 1.807) is 4.90 Å². The second-order valence-corrected chi connectivity index (χ2v) is 6.36. The van der Waals surface area contributed by atoms with Crippen LogP contribution in [0.25, 0.3) is 0 Å². The number of rotatable bonds is 0. The highest BCUT2D eigenvalue weighted by Crippen LogP contribution is 2.32. The summed E-state index contributed by atoms with van der Waals surface area (Å²) < 4.78 is 5.31. The van der Waals surface area contributed by atoms with Crippen molar-refractivity contribution in [1.82, 2.24) is 14.8 Å². The number of aromatic nitrogens is 1. The molecule has 0 saturated carbocycles. The standard InChI is InChI=1S/C18H20N4O3/c1-13-3-2-4-14(19-13)5-6-16-15-7-8-22(17(15)25-20-16)18(23)21-9-11-24-12-10-21/h2-4,15,17H,7-12H2,1H3. The number of fused-ring (bicyclic) bond motifs is 1. The molecule has 130 valence electrons. The van der Waals surface area contributed by atoms with Gasteiger partial charge in [-0.3, -0.25) is 4.90 Å². The number of amides is 2. The third-order valence-corrected chi connectivity index (χ3v) is 4.68. The second kappa shape index (κ2) is 6.73. The fraction of sp³-hybridized carbons (Fsp3) is 0.500. The van der Waals surface area contributed by atoms with Gasteiger partial charge in [-0.2, -0.15) is 0 Å². The first-order chi connectivity index (χ1) is 12.2. The number of nitrogens with zero attached hydrogens (tertiary/aromatic N) is 4. The quantitative estimate of drug-likeness (QED) is 0.666. The molecule has 0 N–H and O–H groups in total. The molecule has 2 amide bonds. The lowest BCUT2D eigenvalue weighted by Crippen LogP contribution is -2.50. The Morgan fingerprint density at radius 2 is 2.08 bits per heavy atom. The van der Waals surface area contributed by atoms with Crippen LogP contribution in [0.3, 0.4) is 0 Å². The Kier molecular flexibility index (Phi) is 4.28. The number of morpholine rings is 1. The van der Waals surface area contributed by atoms with Gasteiger partial charge in [0.1, 0.15) is 11.4 Å². The van der Waals surface area contributed by atoms with E-state index >= 15 is 0 Å². The van der Waals surface area contributed by atoms with Crippen molar-refractivity contribution >= 4 is 11.7 Å². The molecule has 4 heterocycles. The number of ether oxygens (including phenoxy) is 1. The van der Waals surface area contributed by atoms with Gasteiger partial charge in [-0.25, -0.2) is 9.78 Å². The van der Waals surface area contributed by atoms with E-state index in [1.165, 1.54) is 0 Å². The van der Waals surface area contributed by atoms with Crippen molar-refractivity contribution in [3.63, 3.8) is 0 Å². The lowest BCUT2D eigenvalue weighted by molar-refractivity contribution is -0.0226. The van der Waals surface area contributed by atoms with Crippen LogP contribution in [-0.2, 0) is 9.57 Å². The highest BCUT2D eigenvalue weighted by atomic mass is 16.7. The van der Waals surface area contributed by atoms with Crippen LogP contribution in [0, 0.1) is 24.7 Å². The summed E-state index contributed by atoms with van der Waals surface area (Å²) in [5.74, 6) is 6.17. The van der Waals surface area contributed by atoms with Gasteiger partial charge in [-0.05, 0) is 37.3 Å². The van der Waals surface area contributed by atoms with Crippen molar-refractivity contribution in [1.29, 1.82) is 0 Å². The maximum Gasteiger partial charge on any atom is 0.323 e. The SMILES string of the molecule is Cc1cccc(C#CC2=NOC3C2CCN3C(=O)N2CCOCC2)n1. The molecule has 0 bridgehead atoms. The van der Waals surface area contributed by atoms with Gasteiger partial charge >= 0.3 is 6.03 Å². The summed E-state index contributed by atoms with van der Waals surface area (Å²) >= 11 is 0. The molecule has 7 nitrogen and oxygen atoms in total. The molecule has 3 aliphatic rings. The first-order valence-corrected chi connectivity index (χ1v) is 8.55. The molecular formula is C18H20N4O3. The molecule has 0 spiro atoms. The zero-order valence-electron chi connectivity index (χ0n) is 14.1. The van der Waals surface area contributed by atoms with Crippen LogP contribution in [-0.4, -0.2) is 65.6 Å². The Morgan fingerprint density at radius 1 is 1.24 bits per heavy atom. The Morgan fingerprint density at radius 3 is 2.88 bits per heavy atom. The molecule has 4 rings (SSSR count). The maximum absolute atomic E-state index is 12.7. The van der Waals surface area contributed by atoms with E-state index in [-0.39, 0.29) is 18.2 Å². The minimum Gasteiger partial charge on any atom is -0.378 e. The van der Waals surface area contributed by atoms with Gasteiger partial charge in [0, 0.05) is 25.3 Å². The van der Waals surface area contributed by atoms with Gasteiger partial charge in [-0.15, -0.1) is 0 Å². The molecule has 3 aliphatic heterocycles. The molecule has 0 radical (unpaired) electrons. The largest absolute Gasteiger partial charge is 0.378 e. The number of pyridine rings is 1. The predicted molar refractivity (Wildman–Crippen MR) is 90.8 cm³/mol. The highest BCUT2D eigenvalue weighted by molar-refractivity contribution is 6.03. The number of urea groups is 1. The normalized spacial score (nSPS) is 24.9. The number of likely N-dealkylation sites (tertiary alicyclic amines) is 1. The number of carbonyl (C=O) groups is 1. The Balaban J connectivity index is 1.44. The summed E-state index contributed by atoms with van der Waals surface area (Å²) in [7, 11) is 0. The van der Waals surface area contributed by atoms with E-state index in [0.29, 0.717) is 44.3 Å². The summed E-state index contributed by atoms with van der Waals surface area (Å²) in [4.78, 5) is 26.2. The second-order valence-electron chi connectivity index (χ2n) is 6.36. The van der Waals surface area contributed by atoms with E-state index in [0.717, 1.165) is 12.1 Å². The molecule has 0 aromatic carbocycles. The van der Waals surface area contributed by atoms with E-state index in [4.69, 9.17) is 9.57 Å². The van der Waals surface area contributed by atoms with Gasteiger partial charge < -0.3 is 14.5 Å². The fourth-order valence-corrected chi connectivity index (χ4v) is 3.34. The molecule has 2 unspecified atom stereocenters. The third-order valence-electron chi connectivity index (χ3n) is 4.68. The van der Waals surface area contributed by atoms with E-state index < -0.39 is 0 Å². The molecule has 0 aliphatic carbocycles. The zero-order valence-corrected chi connectivity index (χ0v) is 14.1. The molecule has 2 atom stereocenters. The number of hydrogen-bond donors (Lipinski definition) is 0. The van der Waals surface area contributed by atoms with Crippen molar-refractivity contribution in [3.8, 4) is 11.8 Å². The van der Waals surface area contributed by atoms with Crippen LogP contribution in [0.2, 0.25) is 0 Å². The van der Waals surface area contributed by atoms with Crippen LogP contribution in [0.1, 0.15) is 17.8 Å². The summed E-state index contributed by atoms with van der Waals surface area (Å²) in [6.07, 6.45) is 0.472.